The van der Waals surface area contributed by atoms with Crippen LogP contribution in [-0.4, -0.2) is 31.5 Å². The topological polar surface area (TPSA) is 72.7 Å². The van der Waals surface area contributed by atoms with E-state index in [1.54, 1.807) is 6.20 Å². The van der Waals surface area contributed by atoms with Crippen LogP contribution >= 0.6 is 0 Å². The minimum atomic E-state index is -0.0854. The van der Waals surface area contributed by atoms with Gasteiger partial charge in [0.15, 0.2) is 0 Å². The van der Waals surface area contributed by atoms with Crippen LogP contribution in [0.15, 0.2) is 18.7 Å². The molecule has 0 spiro atoms. The highest BCUT2D eigenvalue weighted by Gasteiger charge is 2.22. The molecule has 0 aromatic carbocycles. The second kappa shape index (κ2) is 5.63. The van der Waals surface area contributed by atoms with Crippen LogP contribution in [0.4, 0.5) is 0 Å². The summed E-state index contributed by atoms with van der Waals surface area (Å²) in [6, 6.07) is 0.128. The number of nitrogens with zero attached hydrogens (tertiary/aromatic N) is 4. The molecule has 110 valence electrons. The lowest BCUT2D eigenvalue weighted by molar-refractivity contribution is 0.0925. The molecule has 3 rings (SSSR count). The fraction of sp³-hybridized carbons (Fsp3) is 0.467. The molecule has 1 N–H and O–H groups in total. The molecule has 1 aliphatic rings. The Morgan fingerprint density at radius 1 is 1.52 bits per heavy atom. The van der Waals surface area contributed by atoms with E-state index in [0.717, 1.165) is 43.0 Å². The number of rotatable bonds is 3. The summed E-state index contributed by atoms with van der Waals surface area (Å²) in [5.41, 5.74) is 2.40. The number of hydrogen-bond acceptors (Lipinski definition) is 4. The maximum atomic E-state index is 12.4. The third-order valence-corrected chi connectivity index (χ3v) is 3.82. The Morgan fingerprint density at radius 2 is 2.38 bits per heavy atom. The van der Waals surface area contributed by atoms with E-state index in [0.29, 0.717) is 5.56 Å². The van der Waals surface area contributed by atoms with E-state index in [1.165, 1.54) is 6.33 Å². The Bertz CT molecular complexity index is 664. The van der Waals surface area contributed by atoms with Crippen molar-refractivity contribution in [3.63, 3.8) is 0 Å². The SMILES string of the molecule is CCc1ncncc1C(=O)N[C@@H]1CCc2nc(C)cn2C1. The van der Waals surface area contributed by atoms with E-state index in [2.05, 4.69) is 24.8 Å². The lowest BCUT2D eigenvalue weighted by Gasteiger charge is -2.24. The van der Waals surface area contributed by atoms with Gasteiger partial charge in [0.05, 0.1) is 17.0 Å². The van der Waals surface area contributed by atoms with Crippen LogP contribution in [-0.2, 0) is 19.4 Å². The first-order valence-electron chi connectivity index (χ1n) is 7.29. The Morgan fingerprint density at radius 3 is 3.19 bits per heavy atom. The highest BCUT2D eigenvalue weighted by Crippen LogP contribution is 2.16. The van der Waals surface area contributed by atoms with Crippen LogP contribution in [0.2, 0.25) is 0 Å². The van der Waals surface area contributed by atoms with Gasteiger partial charge in [0, 0.05) is 31.4 Å². The summed E-state index contributed by atoms with van der Waals surface area (Å²) >= 11 is 0. The number of amides is 1. The molecule has 0 saturated carbocycles. The summed E-state index contributed by atoms with van der Waals surface area (Å²) in [4.78, 5) is 25.0. The van der Waals surface area contributed by atoms with Crippen LogP contribution in [0, 0.1) is 6.92 Å². The molecule has 1 aliphatic heterocycles. The average molecular weight is 285 g/mol. The quantitative estimate of drug-likeness (QED) is 0.922. The van der Waals surface area contributed by atoms with Gasteiger partial charge < -0.3 is 9.88 Å². The smallest absolute Gasteiger partial charge is 0.254 e. The van der Waals surface area contributed by atoms with Gasteiger partial charge in [0.25, 0.3) is 5.91 Å². The van der Waals surface area contributed by atoms with Crippen molar-refractivity contribution in [1.82, 2.24) is 24.8 Å². The van der Waals surface area contributed by atoms with E-state index in [1.807, 2.05) is 20.0 Å². The number of aromatic nitrogens is 4. The van der Waals surface area contributed by atoms with E-state index in [9.17, 15) is 4.79 Å². The van der Waals surface area contributed by atoms with Gasteiger partial charge in [-0.25, -0.2) is 15.0 Å². The zero-order valence-corrected chi connectivity index (χ0v) is 12.3. The van der Waals surface area contributed by atoms with Gasteiger partial charge in [0.2, 0.25) is 0 Å². The molecular weight excluding hydrogens is 266 g/mol. The Balaban J connectivity index is 1.71. The molecule has 2 aromatic rings. The normalized spacial score (nSPS) is 17.3. The second-order valence-corrected chi connectivity index (χ2v) is 5.40. The minimum absolute atomic E-state index is 0.0854. The number of nitrogens with one attached hydrogen (secondary N) is 1. The first-order chi connectivity index (χ1) is 10.2. The van der Waals surface area contributed by atoms with Gasteiger partial charge in [0.1, 0.15) is 12.2 Å². The number of carbonyl (C=O) groups is 1. The Kier molecular flexibility index (Phi) is 3.68. The fourth-order valence-electron chi connectivity index (χ4n) is 2.79. The molecule has 0 aliphatic carbocycles. The lowest BCUT2D eigenvalue weighted by Crippen LogP contribution is -2.41. The van der Waals surface area contributed by atoms with Gasteiger partial charge >= 0.3 is 0 Å². The first-order valence-corrected chi connectivity index (χ1v) is 7.29. The summed E-state index contributed by atoms with van der Waals surface area (Å²) in [5.74, 6) is 1.02. The van der Waals surface area contributed by atoms with E-state index >= 15 is 0 Å². The second-order valence-electron chi connectivity index (χ2n) is 5.40. The summed E-state index contributed by atoms with van der Waals surface area (Å²) in [5, 5.41) is 3.09. The van der Waals surface area contributed by atoms with Crippen molar-refractivity contribution in [1.29, 1.82) is 0 Å². The zero-order chi connectivity index (χ0) is 14.8. The van der Waals surface area contributed by atoms with Crippen molar-refractivity contribution in [2.75, 3.05) is 0 Å². The molecular formula is C15H19N5O. The maximum absolute atomic E-state index is 12.4. The summed E-state index contributed by atoms with van der Waals surface area (Å²) in [7, 11) is 0. The third-order valence-electron chi connectivity index (χ3n) is 3.82. The van der Waals surface area contributed by atoms with Gasteiger partial charge in [-0.3, -0.25) is 4.79 Å². The molecule has 0 fully saturated rings. The molecule has 2 aromatic heterocycles. The van der Waals surface area contributed by atoms with Crippen molar-refractivity contribution in [2.45, 2.75) is 45.7 Å². The monoisotopic (exact) mass is 285 g/mol. The number of carbonyl (C=O) groups excluding carboxylic acids is 1. The number of imidazole rings is 1. The van der Waals surface area contributed by atoms with Crippen molar-refractivity contribution >= 4 is 5.91 Å². The highest BCUT2D eigenvalue weighted by molar-refractivity contribution is 5.95. The van der Waals surface area contributed by atoms with E-state index in [4.69, 9.17) is 0 Å². The maximum Gasteiger partial charge on any atom is 0.254 e. The van der Waals surface area contributed by atoms with Crippen LogP contribution in [0.5, 0.6) is 0 Å². The molecule has 6 nitrogen and oxygen atoms in total. The third kappa shape index (κ3) is 2.79. The van der Waals surface area contributed by atoms with Crippen molar-refractivity contribution < 1.29 is 4.79 Å². The van der Waals surface area contributed by atoms with Crippen molar-refractivity contribution in [2.24, 2.45) is 0 Å². The van der Waals surface area contributed by atoms with Crippen LogP contribution in [0.1, 0.15) is 40.9 Å². The molecule has 0 unspecified atom stereocenters. The molecule has 0 saturated heterocycles. The average Bonchev–Trinajstić information content (AvgIpc) is 2.86. The lowest BCUT2D eigenvalue weighted by atomic mass is 10.1. The van der Waals surface area contributed by atoms with Crippen molar-refractivity contribution in [3.8, 4) is 0 Å². The number of aryl methyl sites for hydroxylation is 3. The summed E-state index contributed by atoms with van der Waals surface area (Å²) < 4.78 is 2.13. The van der Waals surface area contributed by atoms with E-state index in [-0.39, 0.29) is 11.9 Å². The molecule has 0 bridgehead atoms. The largest absolute Gasteiger partial charge is 0.347 e. The van der Waals surface area contributed by atoms with Crippen molar-refractivity contribution in [3.05, 3.63) is 41.5 Å². The van der Waals surface area contributed by atoms with Crippen LogP contribution in [0.25, 0.3) is 0 Å². The number of fused-ring (bicyclic) bond motifs is 1. The van der Waals surface area contributed by atoms with Gasteiger partial charge in [-0.15, -0.1) is 0 Å². The zero-order valence-electron chi connectivity index (χ0n) is 12.3. The highest BCUT2D eigenvalue weighted by atomic mass is 16.1. The fourth-order valence-corrected chi connectivity index (χ4v) is 2.79. The molecule has 1 atom stereocenters. The standard InChI is InChI=1S/C15H19N5O/c1-3-13-12(6-16-9-17-13)15(21)19-11-4-5-14-18-10(2)7-20(14)8-11/h6-7,9,11H,3-5,8H2,1-2H3,(H,19,21)/t11-/m1/s1. The predicted octanol–water partition coefficient (Wildman–Crippen LogP) is 1.29. The Hall–Kier alpha value is -2.24. The predicted molar refractivity (Wildman–Crippen MR) is 77.9 cm³/mol. The van der Waals surface area contributed by atoms with Crippen LogP contribution in [0.3, 0.4) is 0 Å². The minimum Gasteiger partial charge on any atom is -0.347 e. The Labute approximate surface area is 123 Å². The molecule has 0 radical (unpaired) electrons. The first kappa shape index (κ1) is 13.7. The molecule has 6 heteroatoms. The molecule has 1 amide bonds. The summed E-state index contributed by atoms with van der Waals surface area (Å²) in [6.45, 7) is 4.76. The summed E-state index contributed by atoms with van der Waals surface area (Å²) in [6.07, 6.45) is 7.65. The van der Waals surface area contributed by atoms with Crippen LogP contribution < -0.4 is 5.32 Å². The van der Waals surface area contributed by atoms with Gasteiger partial charge in [-0.05, 0) is 19.8 Å². The van der Waals surface area contributed by atoms with Gasteiger partial charge in [-0.2, -0.15) is 0 Å². The van der Waals surface area contributed by atoms with E-state index < -0.39 is 0 Å². The van der Waals surface area contributed by atoms with Gasteiger partial charge in [-0.1, -0.05) is 6.92 Å². The molecule has 21 heavy (non-hydrogen) atoms. The molecule has 3 heterocycles. The number of hydrogen-bond donors (Lipinski definition) is 1.